The van der Waals surface area contributed by atoms with Crippen molar-refractivity contribution < 1.29 is 8.78 Å². The van der Waals surface area contributed by atoms with Gasteiger partial charge in [0.2, 0.25) is 0 Å². The van der Waals surface area contributed by atoms with Gasteiger partial charge in [-0.2, -0.15) is 5.10 Å². The summed E-state index contributed by atoms with van der Waals surface area (Å²) in [5, 5.41) is 14.7. The molecular weight excluding hydrogens is 440 g/mol. The number of hydrogen-bond acceptors (Lipinski definition) is 6. The summed E-state index contributed by atoms with van der Waals surface area (Å²) in [4.78, 5) is 8.49. The van der Waals surface area contributed by atoms with E-state index < -0.39 is 17.7 Å². The van der Waals surface area contributed by atoms with Crippen molar-refractivity contribution in [2.75, 3.05) is 18.8 Å². The van der Waals surface area contributed by atoms with Crippen molar-refractivity contribution in [3.63, 3.8) is 0 Å². The van der Waals surface area contributed by atoms with Crippen LogP contribution in [0, 0.1) is 0 Å². The first kappa shape index (κ1) is 22.0. The van der Waals surface area contributed by atoms with Crippen LogP contribution in [0.15, 0.2) is 62.7 Å². The van der Waals surface area contributed by atoms with Crippen molar-refractivity contribution in [1.29, 1.82) is 0 Å². The molecule has 0 amide bonds. The van der Waals surface area contributed by atoms with Crippen molar-refractivity contribution in [2.45, 2.75) is 31.3 Å². The number of halogens is 3. The molecule has 0 bridgehead atoms. The number of allylic oxidation sites excluding steroid dienone is 2. The molecule has 1 unspecified atom stereocenters. The second kappa shape index (κ2) is 9.53. The highest BCUT2D eigenvalue weighted by molar-refractivity contribution is 6.31. The van der Waals surface area contributed by atoms with E-state index in [9.17, 15) is 8.78 Å². The Morgan fingerprint density at radius 3 is 2.75 bits per heavy atom. The number of aliphatic imine (C=N–C) groups is 1. The predicted octanol–water partition coefficient (Wildman–Crippen LogP) is 3.57. The quantitative estimate of drug-likeness (QED) is 0.210. The van der Waals surface area contributed by atoms with E-state index in [1.807, 2.05) is 10.9 Å². The Kier molecular flexibility index (Phi) is 6.56. The minimum Gasteiger partial charge on any atom is -0.383 e. The van der Waals surface area contributed by atoms with E-state index in [2.05, 4.69) is 30.7 Å². The number of rotatable bonds is 4. The molecule has 1 fully saturated rings. The molecule has 1 aliphatic heterocycles. The smallest absolute Gasteiger partial charge is 0.183 e. The summed E-state index contributed by atoms with van der Waals surface area (Å²) in [5.74, 6) is 3.74. The lowest BCUT2D eigenvalue weighted by atomic mass is 10.1. The Morgan fingerprint density at radius 1 is 1.22 bits per heavy atom. The van der Waals surface area contributed by atoms with Gasteiger partial charge in [-0.25, -0.2) is 13.8 Å². The number of nitrogens with two attached hydrogens (primary N) is 2. The van der Waals surface area contributed by atoms with Gasteiger partial charge >= 0.3 is 0 Å². The normalized spacial score (nSPS) is 20.8. The summed E-state index contributed by atoms with van der Waals surface area (Å²) in [5.41, 5.74) is 7.91. The minimum atomic E-state index is -1.02. The van der Waals surface area contributed by atoms with Gasteiger partial charge < -0.3 is 16.9 Å². The molecule has 0 saturated carbocycles. The van der Waals surface area contributed by atoms with E-state index in [0.717, 1.165) is 43.1 Å². The van der Waals surface area contributed by atoms with Crippen molar-refractivity contribution in [3.8, 4) is 11.1 Å². The van der Waals surface area contributed by atoms with E-state index in [1.54, 1.807) is 18.5 Å². The van der Waals surface area contributed by atoms with Crippen molar-refractivity contribution >= 4 is 23.3 Å². The maximum atomic E-state index is 13.9. The lowest BCUT2D eigenvalue weighted by Gasteiger charge is -2.22. The summed E-state index contributed by atoms with van der Waals surface area (Å²) < 4.78 is 29.6. The van der Waals surface area contributed by atoms with Crippen LogP contribution in [0.3, 0.4) is 0 Å². The van der Waals surface area contributed by atoms with Crippen molar-refractivity contribution in [3.05, 3.63) is 53.0 Å². The number of nitrogens with one attached hydrogen (secondary N) is 1. The standard InChI is InChI=1S/C20H22ClF2N9/c21-18-16(23)6-13(22)7-17(18)29-20(30-31-25)15-5-11(8-27-19(15)24)12-9-28-32(10-12)14-1-3-26-4-2-14/h5-6,8-10,14,17,26H,1-4,7H2,(H2,24,27)(H2,25,29,30). The molecule has 12 heteroatoms. The van der Waals surface area contributed by atoms with Crippen LogP contribution in [0.5, 0.6) is 0 Å². The molecule has 32 heavy (non-hydrogen) atoms. The number of anilines is 1. The zero-order chi connectivity index (χ0) is 22.7. The first-order valence-electron chi connectivity index (χ1n) is 10.1. The Bertz CT molecular complexity index is 1120. The summed E-state index contributed by atoms with van der Waals surface area (Å²) in [7, 11) is 0. The van der Waals surface area contributed by atoms with E-state index >= 15 is 0 Å². The number of pyridine rings is 1. The van der Waals surface area contributed by atoms with Gasteiger partial charge in [-0.05, 0) is 32.0 Å². The topological polar surface area (TPSA) is 132 Å². The SMILES string of the molecule is NN=NC(=NC1CC(F)=CC(F)=C1Cl)c1cc(-c2cnn(C3CCNCC3)c2)cnc1N. The van der Waals surface area contributed by atoms with E-state index in [1.165, 1.54) is 0 Å². The number of nitrogen functional groups attached to an aromatic ring is 1. The number of aromatic nitrogens is 3. The predicted molar refractivity (Wildman–Crippen MR) is 118 cm³/mol. The number of piperidine rings is 1. The summed E-state index contributed by atoms with van der Waals surface area (Å²) in [6, 6.07) is 1.02. The summed E-state index contributed by atoms with van der Waals surface area (Å²) in [6.45, 7) is 1.90. The Morgan fingerprint density at radius 2 is 2.00 bits per heavy atom. The molecule has 1 atom stereocenters. The molecule has 4 rings (SSSR count). The second-order valence-corrected chi connectivity index (χ2v) is 7.93. The van der Waals surface area contributed by atoms with Crippen LogP contribution in [-0.2, 0) is 0 Å². The highest BCUT2D eigenvalue weighted by Gasteiger charge is 2.25. The lowest BCUT2D eigenvalue weighted by Crippen LogP contribution is -2.29. The van der Waals surface area contributed by atoms with Gasteiger partial charge in [-0.1, -0.05) is 16.8 Å². The minimum absolute atomic E-state index is 0.0317. The number of amidine groups is 1. The summed E-state index contributed by atoms with van der Waals surface area (Å²) in [6.07, 6.45) is 7.81. The molecule has 2 aliphatic rings. The average Bonchev–Trinajstić information content (AvgIpc) is 3.28. The third-order valence-corrected chi connectivity index (χ3v) is 5.83. The molecule has 168 valence electrons. The highest BCUT2D eigenvalue weighted by Crippen LogP contribution is 2.32. The lowest BCUT2D eigenvalue weighted by molar-refractivity contribution is 0.343. The highest BCUT2D eigenvalue weighted by atomic mass is 35.5. The van der Waals surface area contributed by atoms with E-state index in [4.69, 9.17) is 23.2 Å². The van der Waals surface area contributed by atoms with Crippen LogP contribution in [-0.4, -0.2) is 39.7 Å². The third-order valence-electron chi connectivity index (χ3n) is 5.40. The molecule has 1 saturated heterocycles. The van der Waals surface area contributed by atoms with Crippen molar-refractivity contribution in [1.82, 2.24) is 20.1 Å². The van der Waals surface area contributed by atoms with Gasteiger partial charge in [0.25, 0.3) is 0 Å². The van der Waals surface area contributed by atoms with Gasteiger partial charge in [0, 0.05) is 36.0 Å². The number of hydrogen-bond donors (Lipinski definition) is 3. The monoisotopic (exact) mass is 461 g/mol. The first-order valence-corrected chi connectivity index (χ1v) is 10.4. The molecule has 1 aliphatic carbocycles. The van der Waals surface area contributed by atoms with Crippen LogP contribution in [0.4, 0.5) is 14.6 Å². The van der Waals surface area contributed by atoms with E-state index in [0.29, 0.717) is 11.6 Å². The molecule has 3 heterocycles. The molecule has 0 aromatic carbocycles. The molecular formula is C20H22ClF2N9. The Balaban J connectivity index is 1.68. The van der Waals surface area contributed by atoms with E-state index in [-0.39, 0.29) is 23.1 Å². The average molecular weight is 462 g/mol. The van der Waals surface area contributed by atoms with Crippen LogP contribution >= 0.6 is 11.6 Å². The molecule has 2 aromatic heterocycles. The van der Waals surface area contributed by atoms with Crippen molar-refractivity contribution in [2.24, 2.45) is 21.2 Å². The van der Waals surface area contributed by atoms with Crippen LogP contribution in [0.25, 0.3) is 11.1 Å². The third kappa shape index (κ3) is 4.68. The maximum Gasteiger partial charge on any atom is 0.183 e. The molecule has 2 aromatic rings. The number of nitrogens with zero attached hydrogens (tertiary/aromatic N) is 6. The Hall–Kier alpha value is -3.18. The largest absolute Gasteiger partial charge is 0.383 e. The Labute approximate surface area is 187 Å². The van der Waals surface area contributed by atoms with Crippen LogP contribution in [0.2, 0.25) is 0 Å². The summed E-state index contributed by atoms with van der Waals surface area (Å²) >= 11 is 5.99. The molecule has 0 radical (unpaired) electrons. The maximum absolute atomic E-state index is 13.9. The molecule has 0 spiro atoms. The zero-order valence-corrected chi connectivity index (χ0v) is 17.8. The molecule has 5 N–H and O–H groups in total. The van der Waals surface area contributed by atoms with Gasteiger partial charge in [0.15, 0.2) is 5.84 Å². The fraction of sp³-hybridized carbons (Fsp3) is 0.350. The van der Waals surface area contributed by atoms with Crippen LogP contribution in [0.1, 0.15) is 30.9 Å². The van der Waals surface area contributed by atoms with Gasteiger partial charge in [-0.15, -0.1) is 5.11 Å². The first-order chi connectivity index (χ1) is 15.5. The fourth-order valence-electron chi connectivity index (χ4n) is 3.72. The van der Waals surface area contributed by atoms with Gasteiger partial charge in [0.1, 0.15) is 17.5 Å². The van der Waals surface area contributed by atoms with Gasteiger partial charge in [0.05, 0.1) is 28.9 Å². The second-order valence-electron chi connectivity index (χ2n) is 7.52. The zero-order valence-electron chi connectivity index (χ0n) is 17.0. The van der Waals surface area contributed by atoms with Gasteiger partial charge in [-0.3, -0.25) is 9.67 Å². The molecule has 9 nitrogen and oxygen atoms in total. The van der Waals surface area contributed by atoms with Crippen LogP contribution < -0.4 is 16.9 Å². The fourth-order valence-corrected chi connectivity index (χ4v) is 3.90.